The van der Waals surface area contributed by atoms with Gasteiger partial charge in [-0.05, 0) is 0 Å². The largest absolute Gasteiger partial charge is 0.311 e. The van der Waals surface area contributed by atoms with Gasteiger partial charge in [0, 0.05) is 24.4 Å². The van der Waals surface area contributed by atoms with Crippen molar-refractivity contribution in [2.45, 2.75) is 40.0 Å². The molecule has 0 fully saturated rings. The van der Waals surface area contributed by atoms with Crippen molar-refractivity contribution >= 4 is 11.7 Å². The number of rotatable bonds is 2. The van der Waals surface area contributed by atoms with E-state index in [2.05, 4.69) is 31.2 Å². The molecule has 4 nitrogen and oxygen atoms in total. The highest BCUT2D eigenvalue weighted by Crippen LogP contribution is 2.23. The van der Waals surface area contributed by atoms with Crippen LogP contribution in [0.15, 0.2) is 6.07 Å². The van der Waals surface area contributed by atoms with E-state index in [9.17, 15) is 4.79 Å². The fraction of sp³-hybridized carbons (Fsp3) is 0.667. The number of nitrogens with one attached hydrogen (secondary N) is 1. The number of hydrogen-bond donors (Lipinski definition) is 1. The summed E-state index contributed by atoms with van der Waals surface area (Å²) in [6, 6.07) is 1.93. The van der Waals surface area contributed by atoms with Crippen molar-refractivity contribution in [3.8, 4) is 0 Å². The molecule has 0 atom stereocenters. The fourth-order valence-electron chi connectivity index (χ4n) is 1.22. The molecule has 90 valence electrons. The van der Waals surface area contributed by atoms with E-state index in [1.54, 1.807) is 4.68 Å². The van der Waals surface area contributed by atoms with Gasteiger partial charge in [-0.15, -0.1) is 0 Å². The number of hydrogen-bond acceptors (Lipinski definition) is 2. The lowest BCUT2D eigenvalue weighted by Crippen LogP contribution is -2.19. The van der Waals surface area contributed by atoms with Crippen molar-refractivity contribution in [1.29, 1.82) is 0 Å². The van der Waals surface area contributed by atoms with Gasteiger partial charge >= 0.3 is 0 Å². The Morgan fingerprint density at radius 2 is 2.00 bits per heavy atom. The van der Waals surface area contributed by atoms with E-state index < -0.39 is 0 Å². The number of aromatic nitrogens is 2. The Morgan fingerprint density at radius 3 is 2.38 bits per heavy atom. The minimum Gasteiger partial charge on any atom is -0.311 e. The van der Waals surface area contributed by atoms with Crippen LogP contribution in [0.2, 0.25) is 0 Å². The van der Waals surface area contributed by atoms with Gasteiger partial charge in [-0.3, -0.25) is 9.48 Å². The molecular weight excluding hydrogens is 202 g/mol. The van der Waals surface area contributed by atoms with Gasteiger partial charge in [0.25, 0.3) is 0 Å². The Morgan fingerprint density at radius 1 is 1.44 bits per heavy atom. The van der Waals surface area contributed by atoms with Crippen molar-refractivity contribution in [2.24, 2.45) is 13.0 Å². The summed E-state index contributed by atoms with van der Waals surface area (Å²) in [5.41, 5.74) is 0.979. The monoisotopic (exact) mass is 223 g/mol. The quantitative estimate of drug-likeness (QED) is 0.836. The first kappa shape index (κ1) is 12.7. The number of carbonyl (C=O) groups is 1. The summed E-state index contributed by atoms with van der Waals surface area (Å²) in [7, 11) is 1.84. The summed E-state index contributed by atoms with van der Waals surface area (Å²) in [5.74, 6) is 0.750. The van der Waals surface area contributed by atoms with Crippen LogP contribution in [-0.4, -0.2) is 15.7 Å². The van der Waals surface area contributed by atoms with E-state index in [1.807, 2.05) is 27.0 Å². The lowest BCUT2D eigenvalue weighted by Gasteiger charge is -2.13. The SMILES string of the molecule is CC(C)C(=O)Nc1cc(C(C)(C)C)nn1C. The summed E-state index contributed by atoms with van der Waals surface area (Å²) >= 11 is 0. The Bertz CT molecular complexity index is 385. The summed E-state index contributed by atoms with van der Waals surface area (Å²) in [5, 5.41) is 7.26. The van der Waals surface area contributed by atoms with E-state index in [0.717, 1.165) is 11.5 Å². The second-order valence-electron chi connectivity index (χ2n) is 5.43. The third-order valence-corrected chi connectivity index (χ3v) is 2.42. The van der Waals surface area contributed by atoms with E-state index >= 15 is 0 Å². The zero-order valence-electron chi connectivity index (χ0n) is 11.0. The summed E-state index contributed by atoms with van der Waals surface area (Å²) in [4.78, 5) is 11.6. The van der Waals surface area contributed by atoms with Gasteiger partial charge in [0.15, 0.2) is 0 Å². The molecule has 1 heterocycles. The molecule has 0 saturated carbocycles. The third kappa shape index (κ3) is 2.84. The highest BCUT2D eigenvalue weighted by molar-refractivity contribution is 5.91. The summed E-state index contributed by atoms with van der Waals surface area (Å²) < 4.78 is 1.71. The minimum atomic E-state index is -0.0204. The first-order valence-electron chi connectivity index (χ1n) is 5.57. The van der Waals surface area contributed by atoms with Crippen molar-refractivity contribution in [3.63, 3.8) is 0 Å². The zero-order chi connectivity index (χ0) is 12.5. The maximum Gasteiger partial charge on any atom is 0.228 e. The van der Waals surface area contributed by atoms with Crippen molar-refractivity contribution in [2.75, 3.05) is 5.32 Å². The number of anilines is 1. The van der Waals surface area contributed by atoms with E-state index in [4.69, 9.17) is 0 Å². The van der Waals surface area contributed by atoms with Gasteiger partial charge in [-0.1, -0.05) is 34.6 Å². The Labute approximate surface area is 97.0 Å². The molecule has 0 aliphatic heterocycles. The molecule has 0 aliphatic rings. The first-order valence-corrected chi connectivity index (χ1v) is 5.57. The summed E-state index contributed by atoms with van der Waals surface area (Å²) in [6.07, 6.45) is 0. The second kappa shape index (κ2) is 4.28. The number of amides is 1. The van der Waals surface area contributed by atoms with E-state index in [1.165, 1.54) is 0 Å². The van der Waals surface area contributed by atoms with Crippen molar-refractivity contribution < 1.29 is 4.79 Å². The zero-order valence-corrected chi connectivity index (χ0v) is 11.0. The Balaban J connectivity index is 2.91. The molecule has 0 bridgehead atoms. The average molecular weight is 223 g/mol. The molecular formula is C12H21N3O. The predicted octanol–water partition coefficient (Wildman–Crippen LogP) is 2.31. The van der Waals surface area contributed by atoms with Crippen molar-refractivity contribution in [1.82, 2.24) is 9.78 Å². The second-order valence-corrected chi connectivity index (χ2v) is 5.43. The Hall–Kier alpha value is -1.32. The molecule has 1 N–H and O–H groups in total. The normalized spacial score (nSPS) is 11.9. The molecule has 0 radical (unpaired) electrons. The average Bonchev–Trinajstić information content (AvgIpc) is 2.47. The molecule has 0 spiro atoms. The molecule has 1 aromatic rings. The van der Waals surface area contributed by atoms with Crippen LogP contribution in [0.5, 0.6) is 0 Å². The molecule has 0 aliphatic carbocycles. The van der Waals surface area contributed by atoms with Crippen LogP contribution in [-0.2, 0) is 17.3 Å². The third-order valence-electron chi connectivity index (χ3n) is 2.42. The lowest BCUT2D eigenvalue weighted by atomic mass is 9.92. The van der Waals surface area contributed by atoms with E-state index in [-0.39, 0.29) is 17.2 Å². The molecule has 1 amide bonds. The first-order chi connectivity index (χ1) is 7.21. The molecule has 16 heavy (non-hydrogen) atoms. The lowest BCUT2D eigenvalue weighted by molar-refractivity contribution is -0.118. The number of aryl methyl sites for hydroxylation is 1. The standard InChI is InChI=1S/C12H21N3O/c1-8(2)11(16)13-10-7-9(12(3,4)5)14-15(10)6/h7-8H,1-6H3,(H,13,16). The highest BCUT2D eigenvalue weighted by atomic mass is 16.1. The molecule has 4 heteroatoms. The van der Waals surface area contributed by atoms with Crippen LogP contribution in [0.3, 0.4) is 0 Å². The van der Waals surface area contributed by atoms with Gasteiger partial charge in [0.1, 0.15) is 5.82 Å². The topological polar surface area (TPSA) is 46.9 Å². The smallest absolute Gasteiger partial charge is 0.228 e. The van der Waals surface area contributed by atoms with Crippen LogP contribution in [0.4, 0.5) is 5.82 Å². The van der Waals surface area contributed by atoms with Gasteiger partial charge < -0.3 is 5.32 Å². The number of nitrogens with zero attached hydrogens (tertiary/aromatic N) is 2. The van der Waals surface area contributed by atoms with E-state index in [0.29, 0.717) is 0 Å². The molecule has 1 rings (SSSR count). The predicted molar refractivity (Wildman–Crippen MR) is 65.4 cm³/mol. The molecule has 0 saturated heterocycles. The summed E-state index contributed by atoms with van der Waals surface area (Å²) in [6.45, 7) is 10.0. The van der Waals surface area contributed by atoms with Crippen LogP contribution < -0.4 is 5.32 Å². The number of carbonyl (C=O) groups excluding carboxylic acids is 1. The highest BCUT2D eigenvalue weighted by Gasteiger charge is 2.19. The van der Waals surface area contributed by atoms with Crippen LogP contribution >= 0.6 is 0 Å². The van der Waals surface area contributed by atoms with Gasteiger partial charge in [-0.25, -0.2) is 0 Å². The Kier molecular flexibility index (Phi) is 3.41. The van der Waals surface area contributed by atoms with Gasteiger partial charge in [-0.2, -0.15) is 5.10 Å². The van der Waals surface area contributed by atoms with Gasteiger partial charge in [0.05, 0.1) is 5.69 Å². The maximum atomic E-state index is 11.6. The fourth-order valence-corrected chi connectivity index (χ4v) is 1.22. The molecule has 0 unspecified atom stereocenters. The van der Waals surface area contributed by atoms with Gasteiger partial charge in [0.2, 0.25) is 5.91 Å². The van der Waals surface area contributed by atoms with Crippen molar-refractivity contribution in [3.05, 3.63) is 11.8 Å². The molecule has 1 aromatic heterocycles. The van der Waals surface area contributed by atoms with Crippen LogP contribution in [0.25, 0.3) is 0 Å². The maximum absolute atomic E-state index is 11.6. The van der Waals surface area contributed by atoms with Crippen LogP contribution in [0, 0.1) is 5.92 Å². The minimum absolute atomic E-state index is 0.00142. The molecule has 0 aromatic carbocycles. The van der Waals surface area contributed by atoms with Crippen LogP contribution in [0.1, 0.15) is 40.3 Å².